The van der Waals surface area contributed by atoms with Crippen LogP contribution in [0.5, 0.6) is 0 Å². The molecule has 1 aromatic carbocycles. The number of benzene rings is 1. The van der Waals surface area contributed by atoms with E-state index in [0.717, 1.165) is 6.42 Å². The number of rotatable bonds is 7. The average Bonchev–Trinajstić information content (AvgIpc) is 2.34. The molecule has 0 heterocycles. The Balaban J connectivity index is 2.85. The molecule has 0 aromatic heterocycles. The van der Waals surface area contributed by atoms with Crippen molar-refractivity contribution in [2.45, 2.75) is 27.2 Å². The number of hydrogen-bond acceptors (Lipinski definition) is 2. The van der Waals surface area contributed by atoms with Crippen molar-refractivity contribution in [3.8, 4) is 0 Å². The molecule has 0 amide bonds. The van der Waals surface area contributed by atoms with Gasteiger partial charge in [0.05, 0.1) is 11.6 Å². The highest BCUT2D eigenvalue weighted by atomic mass is 19.1. The molecule has 1 atom stereocenters. The van der Waals surface area contributed by atoms with Gasteiger partial charge in [0.25, 0.3) is 0 Å². The summed E-state index contributed by atoms with van der Waals surface area (Å²) in [5, 5.41) is 9.00. The van der Waals surface area contributed by atoms with E-state index in [4.69, 9.17) is 5.11 Å². The van der Waals surface area contributed by atoms with Crippen molar-refractivity contribution >= 4 is 11.7 Å². The van der Waals surface area contributed by atoms with Crippen molar-refractivity contribution in [1.82, 2.24) is 0 Å². The number of aliphatic carboxylic acids is 1. The van der Waals surface area contributed by atoms with Crippen molar-refractivity contribution in [2.24, 2.45) is 11.8 Å². The van der Waals surface area contributed by atoms with Crippen LogP contribution in [0, 0.1) is 17.7 Å². The molecule has 1 unspecified atom stereocenters. The number of halogens is 1. The highest BCUT2D eigenvalue weighted by Gasteiger charge is 2.18. The van der Waals surface area contributed by atoms with Gasteiger partial charge in [0.2, 0.25) is 0 Å². The van der Waals surface area contributed by atoms with Gasteiger partial charge in [-0.3, -0.25) is 4.79 Å². The van der Waals surface area contributed by atoms with Gasteiger partial charge >= 0.3 is 5.97 Å². The summed E-state index contributed by atoms with van der Waals surface area (Å²) in [5.74, 6) is -1.18. The van der Waals surface area contributed by atoms with Crippen molar-refractivity contribution in [1.29, 1.82) is 0 Å². The van der Waals surface area contributed by atoms with Gasteiger partial charge in [-0.1, -0.05) is 32.9 Å². The van der Waals surface area contributed by atoms with Gasteiger partial charge in [0, 0.05) is 13.1 Å². The molecule has 0 aliphatic rings. The molecule has 0 saturated carbocycles. The van der Waals surface area contributed by atoms with E-state index in [-0.39, 0.29) is 5.82 Å². The minimum Gasteiger partial charge on any atom is -0.481 e. The molecular formula is C15H22FNO2. The fourth-order valence-corrected chi connectivity index (χ4v) is 1.84. The lowest BCUT2D eigenvalue weighted by atomic mass is 10.1. The van der Waals surface area contributed by atoms with Crippen molar-refractivity contribution in [3.05, 3.63) is 30.1 Å². The fraction of sp³-hybridized carbons (Fsp3) is 0.533. The first kappa shape index (κ1) is 15.5. The van der Waals surface area contributed by atoms with Gasteiger partial charge in [0.15, 0.2) is 0 Å². The molecule has 0 bridgehead atoms. The molecular weight excluding hydrogens is 245 g/mol. The zero-order valence-electron chi connectivity index (χ0n) is 11.8. The number of carboxylic acid groups (broad SMARTS) is 1. The fourth-order valence-electron chi connectivity index (χ4n) is 1.84. The summed E-state index contributed by atoms with van der Waals surface area (Å²) in [5.41, 5.74) is 0.483. The third kappa shape index (κ3) is 4.89. The van der Waals surface area contributed by atoms with E-state index >= 15 is 0 Å². The van der Waals surface area contributed by atoms with Crippen LogP contribution in [0.2, 0.25) is 0 Å². The van der Waals surface area contributed by atoms with E-state index in [1.165, 1.54) is 6.07 Å². The summed E-state index contributed by atoms with van der Waals surface area (Å²) in [6, 6.07) is 6.51. The van der Waals surface area contributed by atoms with Gasteiger partial charge in [-0.25, -0.2) is 4.39 Å². The van der Waals surface area contributed by atoms with Crippen LogP contribution < -0.4 is 4.90 Å². The Morgan fingerprint density at radius 1 is 1.32 bits per heavy atom. The first-order valence-electron chi connectivity index (χ1n) is 6.64. The van der Waals surface area contributed by atoms with E-state index in [0.29, 0.717) is 24.7 Å². The average molecular weight is 267 g/mol. The Morgan fingerprint density at radius 2 is 1.95 bits per heavy atom. The zero-order chi connectivity index (χ0) is 14.4. The summed E-state index contributed by atoms with van der Waals surface area (Å²) >= 11 is 0. The molecule has 1 rings (SSSR count). The third-order valence-corrected chi connectivity index (χ3v) is 3.09. The first-order chi connectivity index (χ1) is 8.91. The second-order valence-corrected chi connectivity index (χ2v) is 5.32. The second-order valence-electron chi connectivity index (χ2n) is 5.32. The molecule has 0 aliphatic heterocycles. The Labute approximate surface area is 114 Å². The highest BCUT2D eigenvalue weighted by Crippen LogP contribution is 2.21. The Morgan fingerprint density at radius 3 is 2.47 bits per heavy atom. The van der Waals surface area contributed by atoms with E-state index in [2.05, 4.69) is 13.8 Å². The van der Waals surface area contributed by atoms with Crippen LogP contribution in [0.1, 0.15) is 27.2 Å². The lowest BCUT2D eigenvalue weighted by Crippen LogP contribution is -2.33. The molecule has 0 aliphatic carbocycles. The zero-order valence-corrected chi connectivity index (χ0v) is 11.8. The summed E-state index contributed by atoms with van der Waals surface area (Å²) in [6.07, 6.45) is 0.903. The molecule has 1 N–H and O–H groups in total. The maximum absolute atomic E-state index is 13.8. The normalized spacial score (nSPS) is 12.5. The highest BCUT2D eigenvalue weighted by molar-refractivity contribution is 5.70. The number of carbonyl (C=O) groups is 1. The minimum atomic E-state index is -0.856. The summed E-state index contributed by atoms with van der Waals surface area (Å²) in [7, 11) is 0. The predicted molar refractivity (Wildman–Crippen MR) is 74.9 cm³/mol. The lowest BCUT2D eigenvalue weighted by Gasteiger charge is -2.27. The van der Waals surface area contributed by atoms with Crippen molar-refractivity contribution in [3.63, 3.8) is 0 Å². The standard InChI is InChI=1S/C15H22FNO2/c1-11(2)8-9-17(10-12(3)15(18)19)14-7-5-4-6-13(14)16/h4-7,11-12H,8-10H2,1-3H3,(H,18,19). The van der Waals surface area contributed by atoms with Crippen LogP contribution in [0.3, 0.4) is 0 Å². The molecule has 1 aromatic rings. The molecule has 0 radical (unpaired) electrons. The smallest absolute Gasteiger partial charge is 0.308 e. The number of anilines is 1. The summed E-state index contributed by atoms with van der Waals surface area (Å²) < 4.78 is 13.8. The number of hydrogen-bond donors (Lipinski definition) is 1. The van der Waals surface area contributed by atoms with Crippen LogP contribution >= 0.6 is 0 Å². The quantitative estimate of drug-likeness (QED) is 0.823. The molecule has 3 nitrogen and oxygen atoms in total. The molecule has 0 fully saturated rings. The number of para-hydroxylation sites is 1. The monoisotopic (exact) mass is 267 g/mol. The maximum Gasteiger partial charge on any atom is 0.308 e. The van der Waals surface area contributed by atoms with Gasteiger partial charge in [-0.2, -0.15) is 0 Å². The SMILES string of the molecule is CC(C)CCN(CC(C)C(=O)O)c1ccccc1F. The topological polar surface area (TPSA) is 40.5 Å². The lowest BCUT2D eigenvalue weighted by molar-refractivity contribution is -0.140. The number of carboxylic acids is 1. The molecule has 106 valence electrons. The van der Waals surface area contributed by atoms with E-state index < -0.39 is 11.9 Å². The van der Waals surface area contributed by atoms with Crippen LogP contribution in [0.15, 0.2) is 24.3 Å². The minimum absolute atomic E-state index is 0.302. The second kappa shape index (κ2) is 7.12. The van der Waals surface area contributed by atoms with E-state index in [1.54, 1.807) is 25.1 Å². The van der Waals surface area contributed by atoms with Crippen LogP contribution in [-0.4, -0.2) is 24.2 Å². The summed E-state index contributed by atoms with van der Waals surface area (Å²) in [4.78, 5) is 12.8. The molecule has 4 heteroatoms. The van der Waals surface area contributed by atoms with Gasteiger partial charge in [-0.15, -0.1) is 0 Å². The van der Waals surface area contributed by atoms with E-state index in [9.17, 15) is 9.18 Å². The van der Waals surface area contributed by atoms with Crippen LogP contribution in [-0.2, 0) is 4.79 Å². The Kier molecular flexibility index (Phi) is 5.80. The van der Waals surface area contributed by atoms with Crippen LogP contribution in [0.25, 0.3) is 0 Å². The van der Waals surface area contributed by atoms with Gasteiger partial charge in [-0.05, 0) is 24.5 Å². The van der Waals surface area contributed by atoms with E-state index in [1.807, 2.05) is 4.90 Å². The van der Waals surface area contributed by atoms with Crippen molar-refractivity contribution in [2.75, 3.05) is 18.0 Å². The summed E-state index contributed by atoms with van der Waals surface area (Å²) in [6.45, 7) is 6.82. The maximum atomic E-state index is 13.8. The molecule has 0 saturated heterocycles. The van der Waals surface area contributed by atoms with Gasteiger partial charge < -0.3 is 10.0 Å². The predicted octanol–water partition coefficient (Wildman–Crippen LogP) is 3.40. The van der Waals surface area contributed by atoms with Crippen molar-refractivity contribution < 1.29 is 14.3 Å². The molecule has 19 heavy (non-hydrogen) atoms. The Bertz CT molecular complexity index is 420. The Hall–Kier alpha value is -1.58. The van der Waals surface area contributed by atoms with Crippen LogP contribution in [0.4, 0.5) is 10.1 Å². The first-order valence-corrected chi connectivity index (χ1v) is 6.64. The van der Waals surface area contributed by atoms with Gasteiger partial charge in [0.1, 0.15) is 5.82 Å². The third-order valence-electron chi connectivity index (χ3n) is 3.09. The molecule has 0 spiro atoms. The number of nitrogens with zero attached hydrogens (tertiary/aromatic N) is 1. The largest absolute Gasteiger partial charge is 0.481 e.